The molecular formula is C9H15N. The van der Waals surface area contributed by atoms with Crippen molar-refractivity contribution >= 4 is 0 Å². The van der Waals surface area contributed by atoms with Crippen LogP contribution in [0, 0.1) is 0 Å². The molecule has 1 aliphatic heterocycles. The SMILES string of the molecule is C=C/C=C\CN1CCCC1. The molecule has 1 aliphatic rings. The van der Waals surface area contributed by atoms with Gasteiger partial charge in [0.15, 0.2) is 0 Å². The highest BCUT2D eigenvalue weighted by atomic mass is 15.1. The zero-order valence-corrected chi connectivity index (χ0v) is 6.42. The molecule has 1 heterocycles. The summed E-state index contributed by atoms with van der Waals surface area (Å²) in [6.07, 6.45) is 8.76. The molecule has 0 spiro atoms. The van der Waals surface area contributed by atoms with E-state index in [0.717, 1.165) is 6.54 Å². The maximum Gasteiger partial charge on any atom is 0.0166 e. The highest BCUT2D eigenvalue weighted by Gasteiger charge is 2.07. The van der Waals surface area contributed by atoms with Crippen LogP contribution < -0.4 is 0 Å². The average Bonchev–Trinajstić information content (AvgIpc) is 2.41. The average molecular weight is 137 g/mol. The lowest BCUT2D eigenvalue weighted by molar-refractivity contribution is 0.377. The summed E-state index contributed by atoms with van der Waals surface area (Å²) in [5.74, 6) is 0. The second-order valence-electron chi connectivity index (χ2n) is 2.67. The molecule has 10 heavy (non-hydrogen) atoms. The fourth-order valence-corrected chi connectivity index (χ4v) is 1.27. The van der Waals surface area contributed by atoms with E-state index in [2.05, 4.69) is 17.6 Å². The first kappa shape index (κ1) is 7.55. The molecular weight excluding hydrogens is 122 g/mol. The van der Waals surface area contributed by atoms with E-state index >= 15 is 0 Å². The van der Waals surface area contributed by atoms with Crippen LogP contribution in [0.4, 0.5) is 0 Å². The molecule has 1 rings (SSSR count). The van der Waals surface area contributed by atoms with Crippen LogP contribution in [0.25, 0.3) is 0 Å². The molecule has 0 aromatic rings. The molecule has 1 saturated heterocycles. The zero-order chi connectivity index (χ0) is 7.23. The van der Waals surface area contributed by atoms with Gasteiger partial charge >= 0.3 is 0 Å². The molecule has 56 valence electrons. The van der Waals surface area contributed by atoms with Crippen molar-refractivity contribution in [3.63, 3.8) is 0 Å². The van der Waals surface area contributed by atoms with Gasteiger partial charge in [0.1, 0.15) is 0 Å². The van der Waals surface area contributed by atoms with Gasteiger partial charge in [0.25, 0.3) is 0 Å². The second-order valence-corrected chi connectivity index (χ2v) is 2.67. The molecule has 1 fully saturated rings. The highest BCUT2D eigenvalue weighted by Crippen LogP contribution is 2.05. The minimum atomic E-state index is 1.10. The van der Waals surface area contributed by atoms with Crippen LogP contribution in [0.3, 0.4) is 0 Å². The van der Waals surface area contributed by atoms with E-state index in [1.165, 1.54) is 25.9 Å². The summed E-state index contributed by atoms with van der Waals surface area (Å²) < 4.78 is 0. The Bertz CT molecular complexity index is 121. The monoisotopic (exact) mass is 137 g/mol. The molecule has 1 heteroatoms. The summed E-state index contributed by atoms with van der Waals surface area (Å²) in [5, 5.41) is 0. The second kappa shape index (κ2) is 4.29. The third-order valence-electron chi connectivity index (χ3n) is 1.83. The van der Waals surface area contributed by atoms with Crippen molar-refractivity contribution in [2.45, 2.75) is 12.8 Å². The first-order valence-electron chi connectivity index (χ1n) is 3.93. The number of likely N-dealkylation sites (tertiary alicyclic amines) is 1. The molecule has 0 atom stereocenters. The normalized spacial score (nSPS) is 20.4. The quantitative estimate of drug-likeness (QED) is 0.536. The Balaban J connectivity index is 2.12. The van der Waals surface area contributed by atoms with Crippen LogP contribution in [0.1, 0.15) is 12.8 Å². The summed E-state index contributed by atoms with van der Waals surface area (Å²) >= 11 is 0. The summed E-state index contributed by atoms with van der Waals surface area (Å²) in [7, 11) is 0. The van der Waals surface area contributed by atoms with E-state index in [0.29, 0.717) is 0 Å². The topological polar surface area (TPSA) is 3.24 Å². The minimum absolute atomic E-state index is 1.10. The van der Waals surface area contributed by atoms with E-state index in [9.17, 15) is 0 Å². The van der Waals surface area contributed by atoms with Crippen LogP contribution in [0.2, 0.25) is 0 Å². The summed E-state index contributed by atoms with van der Waals surface area (Å²) in [5.41, 5.74) is 0. The Morgan fingerprint density at radius 2 is 2.00 bits per heavy atom. The van der Waals surface area contributed by atoms with Crippen LogP contribution in [0.15, 0.2) is 24.8 Å². The van der Waals surface area contributed by atoms with Crippen molar-refractivity contribution in [2.24, 2.45) is 0 Å². The van der Waals surface area contributed by atoms with Gasteiger partial charge < -0.3 is 0 Å². The highest BCUT2D eigenvalue weighted by molar-refractivity contribution is 4.98. The van der Waals surface area contributed by atoms with Crippen molar-refractivity contribution in [3.05, 3.63) is 24.8 Å². The lowest BCUT2D eigenvalue weighted by Gasteiger charge is -2.09. The first-order chi connectivity index (χ1) is 4.93. The van der Waals surface area contributed by atoms with Gasteiger partial charge in [-0.05, 0) is 25.9 Å². The first-order valence-corrected chi connectivity index (χ1v) is 3.93. The number of nitrogens with zero attached hydrogens (tertiary/aromatic N) is 1. The lowest BCUT2D eigenvalue weighted by Crippen LogP contribution is -2.18. The minimum Gasteiger partial charge on any atom is -0.300 e. The Morgan fingerprint density at radius 3 is 2.60 bits per heavy atom. The molecule has 0 radical (unpaired) electrons. The predicted molar refractivity (Wildman–Crippen MR) is 45.0 cm³/mol. The van der Waals surface area contributed by atoms with Gasteiger partial charge in [0.05, 0.1) is 0 Å². The molecule has 0 saturated carbocycles. The van der Waals surface area contributed by atoms with Crippen LogP contribution in [-0.2, 0) is 0 Å². The van der Waals surface area contributed by atoms with Gasteiger partial charge in [-0.25, -0.2) is 0 Å². The van der Waals surface area contributed by atoms with E-state index < -0.39 is 0 Å². The Morgan fingerprint density at radius 1 is 1.30 bits per heavy atom. The van der Waals surface area contributed by atoms with Crippen molar-refractivity contribution in [1.29, 1.82) is 0 Å². The van der Waals surface area contributed by atoms with E-state index in [4.69, 9.17) is 0 Å². The maximum absolute atomic E-state index is 3.62. The Labute approximate surface area is 63.0 Å². The smallest absolute Gasteiger partial charge is 0.0166 e. The summed E-state index contributed by atoms with van der Waals surface area (Å²) in [6.45, 7) is 7.28. The zero-order valence-electron chi connectivity index (χ0n) is 6.42. The number of allylic oxidation sites excluding steroid dienone is 2. The standard InChI is InChI=1S/C9H15N/c1-2-3-4-7-10-8-5-6-9-10/h2-4H,1,5-9H2/b4-3-. The molecule has 0 unspecified atom stereocenters. The maximum atomic E-state index is 3.62. The molecule has 0 N–H and O–H groups in total. The van der Waals surface area contributed by atoms with Gasteiger partial charge in [-0.15, -0.1) is 0 Å². The number of hydrogen-bond donors (Lipinski definition) is 0. The Kier molecular flexibility index (Phi) is 3.23. The predicted octanol–water partition coefficient (Wildman–Crippen LogP) is 1.82. The van der Waals surface area contributed by atoms with E-state index in [1.54, 1.807) is 0 Å². The Hall–Kier alpha value is -0.560. The van der Waals surface area contributed by atoms with Crippen molar-refractivity contribution in [1.82, 2.24) is 4.90 Å². The van der Waals surface area contributed by atoms with Gasteiger partial charge in [-0.1, -0.05) is 24.8 Å². The summed E-state index contributed by atoms with van der Waals surface area (Å²) in [6, 6.07) is 0. The summed E-state index contributed by atoms with van der Waals surface area (Å²) in [4.78, 5) is 2.46. The third kappa shape index (κ3) is 2.36. The van der Waals surface area contributed by atoms with Crippen LogP contribution in [0.5, 0.6) is 0 Å². The molecule has 0 aliphatic carbocycles. The fraction of sp³-hybridized carbons (Fsp3) is 0.556. The molecule has 0 amide bonds. The van der Waals surface area contributed by atoms with Crippen LogP contribution >= 0.6 is 0 Å². The van der Waals surface area contributed by atoms with Crippen molar-refractivity contribution in [3.8, 4) is 0 Å². The van der Waals surface area contributed by atoms with Gasteiger partial charge in [-0.3, -0.25) is 4.90 Å². The van der Waals surface area contributed by atoms with E-state index in [-0.39, 0.29) is 0 Å². The van der Waals surface area contributed by atoms with E-state index in [1.807, 2.05) is 12.2 Å². The molecule has 0 aromatic heterocycles. The van der Waals surface area contributed by atoms with Crippen LogP contribution in [-0.4, -0.2) is 24.5 Å². The molecule has 1 nitrogen and oxygen atoms in total. The number of rotatable bonds is 3. The lowest BCUT2D eigenvalue weighted by atomic mass is 10.4. The van der Waals surface area contributed by atoms with Gasteiger partial charge in [0, 0.05) is 6.54 Å². The molecule has 0 bridgehead atoms. The fourth-order valence-electron chi connectivity index (χ4n) is 1.27. The van der Waals surface area contributed by atoms with Crippen molar-refractivity contribution < 1.29 is 0 Å². The molecule has 0 aromatic carbocycles. The number of hydrogen-bond acceptors (Lipinski definition) is 1. The van der Waals surface area contributed by atoms with Crippen molar-refractivity contribution in [2.75, 3.05) is 19.6 Å². The van der Waals surface area contributed by atoms with Gasteiger partial charge in [0.2, 0.25) is 0 Å². The third-order valence-corrected chi connectivity index (χ3v) is 1.83. The largest absolute Gasteiger partial charge is 0.300 e. The van der Waals surface area contributed by atoms with Gasteiger partial charge in [-0.2, -0.15) is 0 Å².